The summed E-state index contributed by atoms with van der Waals surface area (Å²) in [6.45, 7) is 0. The van der Waals surface area contributed by atoms with Gasteiger partial charge in [-0.15, -0.1) is 11.3 Å². The van der Waals surface area contributed by atoms with E-state index in [-0.39, 0.29) is 23.6 Å². The number of hydrogen-bond acceptors (Lipinski definition) is 4. The Hall–Kier alpha value is -1.28. The molecule has 1 aliphatic rings. The van der Waals surface area contributed by atoms with E-state index in [1.807, 2.05) is 17.5 Å². The summed E-state index contributed by atoms with van der Waals surface area (Å²) in [5.74, 6) is -0.847. The number of nitrogens with one attached hydrogen (secondary N) is 1. The molecule has 7 heteroatoms. The number of aliphatic hydroxyl groups excluding tert-OH is 1. The van der Waals surface area contributed by atoms with Gasteiger partial charge in [0.1, 0.15) is 5.82 Å². The molecular formula is C16H18FNO3S2. The first kappa shape index (κ1) is 16.6. The first-order chi connectivity index (χ1) is 10.9. The zero-order valence-corrected chi connectivity index (χ0v) is 14.0. The molecule has 1 heterocycles. The lowest BCUT2D eigenvalue weighted by Gasteiger charge is -2.37. The molecule has 0 spiro atoms. The van der Waals surface area contributed by atoms with Crippen LogP contribution in [0.2, 0.25) is 0 Å². The number of rotatable bonds is 6. The molecule has 124 valence electrons. The normalized spacial score (nSPS) is 22.5. The average Bonchev–Trinajstić information content (AvgIpc) is 2.98. The second-order valence-corrected chi connectivity index (χ2v) is 8.58. The molecule has 1 fully saturated rings. The van der Waals surface area contributed by atoms with E-state index < -0.39 is 21.6 Å². The van der Waals surface area contributed by atoms with Crippen LogP contribution in [0.1, 0.15) is 29.3 Å². The first-order valence-electron chi connectivity index (χ1n) is 7.39. The monoisotopic (exact) mass is 355 g/mol. The van der Waals surface area contributed by atoms with Crippen LogP contribution in [0.25, 0.3) is 0 Å². The van der Waals surface area contributed by atoms with E-state index in [1.54, 1.807) is 6.07 Å². The Morgan fingerprint density at radius 3 is 2.61 bits per heavy atom. The van der Waals surface area contributed by atoms with Gasteiger partial charge in [-0.3, -0.25) is 0 Å². The number of benzene rings is 1. The number of aliphatic hydroxyl groups is 1. The summed E-state index contributed by atoms with van der Waals surface area (Å²) in [6.07, 6.45) is 0.786. The fourth-order valence-corrected chi connectivity index (χ4v) is 5.19. The Bertz CT molecular complexity index is 755. The molecule has 0 bridgehead atoms. The molecule has 0 amide bonds. The zero-order valence-electron chi connectivity index (χ0n) is 12.4. The highest BCUT2D eigenvalue weighted by atomic mass is 32.2. The second kappa shape index (κ2) is 6.68. The van der Waals surface area contributed by atoms with Gasteiger partial charge in [-0.25, -0.2) is 17.5 Å². The maximum atomic E-state index is 13.7. The van der Waals surface area contributed by atoms with Crippen LogP contribution in [0.5, 0.6) is 0 Å². The lowest BCUT2D eigenvalue weighted by atomic mass is 9.77. The van der Waals surface area contributed by atoms with Crippen molar-refractivity contribution in [1.82, 2.24) is 4.72 Å². The van der Waals surface area contributed by atoms with Gasteiger partial charge in [0.2, 0.25) is 10.0 Å². The quantitative estimate of drug-likeness (QED) is 0.837. The lowest BCUT2D eigenvalue weighted by molar-refractivity contribution is 0.0285. The Labute approximate surface area is 139 Å². The highest BCUT2D eigenvalue weighted by Crippen LogP contribution is 2.40. The van der Waals surface area contributed by atoms with Gasteiger partial charge in [0, 0.05) is 10.4 Å². The molecule has 1 aromatic carbocycles. The number of sulfonamides is 1. The van der Waals surface area contributed by atoms with Crippen molar-refractivity contribution < 1.29 is 17.9 Å². The first-order valence-corrected chi connectivity index (χ1v) is 9.92. The van der Waals surface area contributed by atoms with Crippen molar-refractivity contribution in [3.05, 3.63) is 58.0 Å². The third-order valence-corrected chi connectivity index (χ3v) is 6.34. The van der Waals surface area contributed by atoms with Crippen LogP contribution in [-0.2, 0) is 15.8 Å². The fourth-order valence-electron chi connectivity index (χ4n) is 2.81. The van der Waals surface area contributed by atoms with Crippen molar-refractivity contribution in [3.63, 3.8) is 0 Å². The molecule has 3 rings (SSSR count). The molecule has 2 N–H and O–H groups in total. The third kappa shape index (κ3) is 3.98. The van der Waals surface area contributed by atoms with Crippen LogP contribution >= 0.6 is 11.3 Å². The Morgan fingerprint density at radius 2 is 2.00 bits per heavy atom. The van der Waals surface area contributed by atoms with Crippen molar-refractivity contribution in [2.24, 2.45) is 5.92 Å². The molecule has 0 unspecified atom stereocenters. The minimum Gasteiger partial charge on any atom is -0.393 e. The molecule has 1 saturated carbocycles. The maximum absolute atomic E-state index is 13.7. The Kier molecular flexibility index (Phi) is 4.82. The largest absolute Gasteiger partial charge is 0.393 e. The van der Waals surface area contributed by atoms with Gasteiger partial charge >= 0.3 is 0 Å². The van der Waals surface area contributed by atoms with Gasteiger partial charge in [-0.1, -0.05) is 24.3 Å². The van der Waals surface area contributed by atoms with E-state index in [1.165, 1.54) is 29.5 Å². The molecular weight excluding hydrogens is 337 g/mol. The molecule has 23 heavy (non-hydrogen) atoms. The van der Waals surface area contributed by atoms with E-state index in [0.29, 0.717) is 12.8 Å². The molecule has 2 aromatic rings. The van der Waals surface area contributed by atoms with Crippen molar-refractivity contribution in [2.45, 2.75) is 30.7 Å². The smallest absolute Gasteiger partial charge is 0.216 e. The molecule has 1 atom stereocenters. The third-order valence-electron chi connectivity index (χ3n) is 4.08. The van der Waals surface area contributed by atoms with Crippen LogP contribution in [0.15, 0.2) is 41.8 Å². The molecule has 1 aromatic heterocycles. The minimum atomic E-state index is -3.69. The van der Waals surface area contributed by atoms with Crippen molar-refractivity contribution in [3.8, 4) is 0 Å². The summed E-state index contributed by atoms with van der Waals surface area (Å²) < 4.78 is 41.3. The topological polar surface area (TPSA) is 66.4 Å². The molecule has 0 radical (unpaired) electrons. The number of thiophene rings is 1. The zero-order chi connectivity index (χ0) is 16.4. The highest BCUT2D eigenvalue weighted by Gasteiger charge is 2.37. The highest BCUT2D eigenvalue weighted by molar-refractivity contribution is 7.88. The summed E-state index contributed by atoms with van der Waals surface area (Å²) >= 11 is 1.48. The van der Waals surface area contributed by atoms with E-state index in [9.17, 15) is 17.9 Å². The molecule has 0 saturated heterocycles. The standard InChI is InChI=1S/C16H18FNO3S2/c17-14-5-2-1-4-11(14)10-23(20,21)18-16(12-8-13(19)9-12)15-6-3-7-22-15/h1-7,12-13,16,18-19H,8-10H2/t12?,13?,16-/m0/s1. The second-order valence-electron chi connectivity index (χ2n) is 5.85. The predicted molar refractivity (Wildman–Crippen MR) is 88.0 cm³/mol. The van der Waals surface area contributed by atoms with Gasteiger partial charge in [-0.2, -0.15) is 0 Å². The van der Waals surface area contributed by atoms with Gasteiger partial charge in [0.25, 0.3) is 0 Å². The van der Waals surface area contributed by atoms with Crippen molar-refractivity contribution >= 4 is 21.4 Å². The van der Waals surface area contributed by atoms with Crippen LogP contribution in [0, 0.1) is 11.7 Å². The summed E-state index contributed by atoms with van der Waals surface area (Å²) in [5.41, 5.74) is 0.151. The summed E-state index contributed by atoms with van der Waals surface area (Å²) in [7, 11) is -3.69. The summed E-state index contributed by atoms with van der Waals surface area (Å²) in [4.78, 5) is 0.916. The van der Waals surface area contributed by atoms with Gasteiger partial charge in [-0.05, 0) is 36.3 Å². The molecule has 4 nitrogen and oxygen atoms in total. The molecule has 0 aliphatic heterocycles. The Balaban J connectivity index is 1.77. The average molecular weight is 355 g/mol. The summed E-state index contributed by atoms with van der Waals surface area (Å²) in [6, 6.07) is 9.26. The maximum Gasteiger partial charge on any atom is 0.216 e. The van der Waals surface area contributed by atoms with Gasteiger partial charge in [0.15, 0.2) is 0 Å². The lowest BCUT2D eigenvalue weighted by Crippen LogP contribution is -2.41. The van der Waals surface area contributed by atoms with E-state index in [0.717, 1.165) is 4.88 Å². The number of hydrogen-bond donors (Lipinski definition) is 2. The van der Waals surface area contributed by atoms with Crippen LogP contribution in [-0.4, -0.2) is 19.6 Å². The van der Waals surface area contributed by atoms with Gasteiger partial charge in [0.05, 0.1) is 17.9 Å². The summed E-state index contributed by atoms with van der Waals surface area (Å²) in [5, 5.41) is 11.4. The van der Waals surface area contributed by atoms with Crippen molar-refractivity contribution in [1.29, 1.82) is 0 Å². The SMILES string of the molecule is O=S(=O)(Cc1ccccc1F)N[C@H](c1cccs1)C1CC(O)C1. The van der Waals surface area contributed by atoms with Crippen molar-refractivity contribution in [2.75, 3.05) is 0 Å². The van der Waals surface area contributed by atoms with E-state index in [4.69, 9.17) is 0 Å². The Morgan fingerprint density at radius 1 is 1.26 bits per heavy atom. The van der Waals surface area contributed by atoms with Gasteiger partial charge < -0.3 is 5.11 Å². The number of halogens is 1. The van der Waals surface area contributed by atoms with Crippen LogP contribution in [0.4, 0.5) is 4.39 Å². The van der Waals surface area contributed by atoms with E-state index in [2.05, 4.69) is 4.72 Å². The van der Waals surface area contributed by atoms with Crippen LogP contribution < -0.4 is 4.72 Å². The minimum absolute atomic E-state index is 0.0686. The molecule has 1 aliphatic carbocycles. The predicted octanol–water partition coefficient (Wildman–Crippen LogP) is 2.82. The van der Waals surface area contributed by atoms with E-state index >= 15 is 0 Å². The van der Waals surface area contributed by atoms with Crippen LogP contribution in [0.3, 0.4) is 0 Å². The fraction of sp³-hybridized carbons (Fsp3) is 0.375.